The van der Waals surface area contributed by atoms with Gasteiger partial charge in [0.05, 0.1) is 0 Å². The molecule has 0 radical (unpaired) electrons. The molecule has 0 aliphatic carbocycles. The Labute approximate surface area is 113 Å². The van der Waals surface area contributed by atoms with E-state index >= 15 is 0 Å². The number of aromatic nitrogens is 1. The molecule has 0 bridgehead atoms. The first-order chi connectivity index (χ1) is 8.11. The van der Waals surface area contributed by atoms with Crippen LogP contribution in [-0.4, -0.2) is 4.57 Å². The maximum atomic E-state index is 12.8. The van der Waals surface area contributed by atoms with E-state index in [9.17, 15) is 4.39 Å². The Kier molecular flexibility index (Phi) is 4.93. The van der Waals surface area contributed by atoms with E-state index in [2.05, 4.69) is 24.5 Å². The Morgan fingerprint density at radius 2 is 1.78 bits per heavy atom. The number of rotatable bonds is 3. The fourth-order valence-corrected chi connectivity index (χ4v) is 2.09. The predicted molar refractivity (Wildman–Crippen MR) is 74.5 cm³/mol. The van der Waals surface area contributed by atoms with Crippen LogP contribution in [-0.2, 0) is 13.1 Å². The van der Waals surface area contributed by atoms with Crippen molar-refractivity contribution in [3.8, 4) is 0 Å². The minimum atomic E-state index is -0.197. The number of hydrogen-bond donors (Lipinski definition) is 1. The van der Waals surface area contributed by atoms with Gasteiger partial charge in [0.25, 0.3) is 0 Å². The molecule has 0 atom stereocenters. The van der Waals surface area contributed by atoms with Crippen molar-refractivity contribution < 1.29 is 4.39 Å². The lowest BCUT2D eigenvalue weighted by Gasteiger charge is -2.10. The summed E-state index contributed by atoms with van der Waals surface area (Å²) in [5.74, 6) is -0.197. The zero-order valence-electron chi connectivity index (χ0n) is 10.6. The second-order valence-corrected chi connectivity index (χ2v) is 4.31. The second-order valence-electron chi connectivity index (χ2n) is 4.31. The van der Waals surface area contributed by atoms with Crippen molar-refractivity contribution >= 4 is 12.4 Å². The van der Waals surface area contributed by atoms with Crippen LogP contribution in [0, 0.1) is 19.7 Å². The SMILES string of the molecule is Cc1cc(CN)c(C)n1Cc1ccc(F)cc1.Cl. The normalized spacial score (nSPS) is 10.2. The van der Waals surface area contributed by atoms with Gasteiger partial charge in [-0.05, 0) is 43.2 Å². The van der Waals surface area contributed by atoms with Gasteiger partial charge in [-0.15, -0.1) is 12.4 Å². The zero-order valence-corrected chi connectivity index (χ0v) is 11.4. The zero-order chi connectivity index (χ0) is 12.4. The average molecular weight is 269 g/mol. The summed E-state index contributed by atoms with van der Waals surface area (Å²) in [6.45, 7) is 5.45. The highest BCUT2D eigenvalue weighted by Crippen LogP contribution is 2.16. The molecule has 98 valence electrons. The quantitative estimate of drug-likeness (QED) is 0.911. The molecule has 0 amide bonds. The van der Waals surface area contributed by atoms with Crippen molar-refractivity contribution in [2.75, 3.05) is 0 Å². The molecule has 0 aliphatic heterocycles. The van der Waals surface area contributed by atoms with Gasteiger partial charge in [-0.3, -0.25) is 0 Å². The second kappa shape index (κ2) is 6.03. The molecule has 0 saturated carbocycles. The molecule has 2 N–H and O–H groups in total. The fraction of sp³-hybridized carbons (Fsp3) is 0.286. The summed E-state index contributed by atoms with van der Waals surface area (Å²) >= 11 is 0. The van der Waals surface area contributed by atoms with Crippen LogP contribution in [0.4, 0.5) is 4.39 Å². The highest BCUT2D eigenvalue weighted by Gasteiger charge is 2.07. The summed E-state index contributed by atoms with van der Waals surface area (Å²) in [4.78, 5) is 0. The van der Waals surface area contributed by atoms with Gasteiger partial charge in [-0.1, -0.05) is 12.1 Å². The highest BCUT2D eigenvalue weighted by molar-refractivity contribution is 5.85. The third kappa shape index (κ3) is 2.92. The molecule has 0 saturated heterocycles. The number of benzene rings is 1. The van der Waals surface area contributed by atoms with Crippen LogP contribution in [0.15, 0.2) is 30.3 Å². The lowest BCUT2D eigenvalue weighted by molar-refractivity contribution is 0.626. The fourth-order valence-electron chi connectivity index (χ4n) is 2.09. The summed E-state index contributed by atoms with van der Waals surface area (Å²) in [6.07, 6.45) is 0. The number of halogens is 2. The maximum Gasteiger partial charge on any atom is 0.123 e. The molecular weight excluding hydrogens is 251 g/mol. The lowest BCUT2D eigenvalue weighted by atomic mass is 10.2. The van der Waals surface area contributed by atoms with E-state index in [0.717, 1.165) is 12.1 Å². The van der Waals surface area contributed by atoms with Crippen molar-refractivity contribution in [2.24, 2.45) is 5.73 Å². The van der Waals surface area contributed by atoms with Crippen molar-refractivity contribution in [1.29, 1.82) is 0 Å². The first-order valence-corrected chi connectivity index (χ1v) is 5.72. The molecule has 1 aromatic heterocycles. The van der Waals surface area contributed by atoms with Crippen molar-refractivity contribution in [3.05, 3.63) is 58.7 Å². The average Bonchev–Trinajstić information content (AvgIpc) is 2.59. The van der Waals surface area contributed by atoms with Crippen LogP contribution in [0.25, 0.3) is 0 Å². The summed E-state index contributed by atoms with van der Waals surface area (Å²) in [5.41, 5.74) is 10.3. The van der Waals surface area contributed by atoms with E-state index in [1.807, 2.05) is 12.1 Å². The van der Waals surface area contributed by atoms with Crippen LogP contribution in [0.3, 0.4) is 0 Å². The molecule has 2 nitrogen and oxygen atoms in total. The smallest absolute Gasteiger partial charge is 0.123 e. The van der Waals surface area contributed by atoms with Gasteiger partial charge in [0, 0.05) is 24.5 Å². The van der Waals surface area contributed by atoms with Gasteiger partial charge in [0.2, 0.25) is 0 Å². The minimum absolute atomic E-state index is 0. The van der Waals surface area contributed by atoms with Crippen LogP contribution in [0.2, 0.25) is 0 Å². The topological polar surface area (TPSA) is 30.9 Å². The van der Waals surface area contributed by atoms with Crippen LogP contribution in [0.1, 0.15) is 22.5 Å². The van der Waals surface area contributed by atoms with Gasteiger partial charge in [-0.2, -0.15) is 0 Å². The Bertz CT molecular complexity index is 517. The predicted octanol–water partition coefficient (Wildman–Crippen LogP) is 3.17. The van der Waals surface area contributed by atoms with Gasteiger partial charge in [0.15, 0.2) is 0 Å². The monoisotopic (exact) mass is 268 g/mol. The van der Waals surface area contributed by atoms with Gasteiger partial charge < -0.3 is 10.3 Å². The van der Waals surface area contributed by atoms with Gasteiger partial charge in [0.1, 0.15) is 5.82 Å². The summed E-state index contributed by atoms with van der Waals surface area (Å²) in [6, 6.07) is 8.73. The van der Waals surface area contributed by atoms with Crippen LogP contribution >= 0.6 is 12.4 Å². The maximum absolute atomic E-state index is 12.8. The molecule has 2 rings (SSSR count). The molecule has 0 unspecified atom stereocenters. The Hall–Kier alpha value is -1.32. The van der Waals surface area contributed by atoms with E-state index < -0.39 is 0 Å². The van der Waals surface area contributed by atoms with Gasteiger partial charge >= 0.3 is 0 Å². The van der Waals surface area contributed by atoms with E-state index in [1.54, 1.807) is 0 Å². The molecule has 0 aliphatic rings. The molecule has 0 spiro atoms. The molecule has 18 heavy (non-hydrogen) atoms. The van der Waals surface area contributed by atoms with Crippen molar-refractivity contribution in [1.82, 2.24) is 4.57 Å². The lowest BCUT2D eigenvalue weighted by Crippen LogP contribution is -2.05. The number of aryl methyl sites for hydroxylation is 1. The van der Waals surface area contributed by atoms with Crippen molar-refractivity contribution in [2.45, 2.75) is 26.9 Å². The van der Waals surface area contributed by atoms with Crippen molar-refractivity contribution in [3.63, 3.8) is 0 Å². The van der Waals surface area contributed by atoms with E-state index in [4.69, 9.17) is 5.73 Å². The van der Waals surface area contributed by atoms with E-state index in [-0.39, 0.29) is 18.2 Å². The largest absolute Gasteiger partial charge is 0.344 e. The molecule has 4 heteroatoms. The number of nitrogens with two attached hydrogens (primary N) is 1. The third-order valence-electron chi connectivity index (χ3n) is 3.15. The molecule has 0 fully saturated rings. The number of nitrogens with zero attached hydrogens (tertiary/aromatic N) is 1. The summed E-state index contributed by atoms with van der Waals surface area (Å²) in [5, 5.41) is 0. The van der Waals surface area contributed by atoms with E-state index in [1.165, 1.54) is 29.1 Å². The Morgan fingerprint density at radius 1 is 1.17 bits per heavy atom. The molecule has 1 heterocycles. The Balaban J connectivity index is 0.00000162. The summed E-state index contributed by atoms with van der Waals surface area (Å²) < 4.78 is 15.0. The third-order valence-corrected chi connectivity index (χ3v) is 3.15. The van der Waals surface area contributed by atoms with Gasteiger partial charge in [-0.25, -0.2) is 4.39 Å². The number of hydrogen-bond acceptors (Lipinski definition) is 1. The first kappa shape index (κ1) is 14.7. The summed E-state index contributed by atoms with van der Waals surface area (Å²) in [7, 11) is 0. The first-order valence-electron chi connectivity index (χ1n) is 5.72. The Morgan fingerprint density at radius 3 is 2.28 bits per heavy atom. The molecular formula is C14H18ClFN2. The highest BCUT2D eigenvalue weighted by atomic mass is 35.5. The van der Waals surface area contributed by atoms with E-state index in [0.29, 0.717) is 6.54 Å². The minimum Gasteiger partial charge on any atom is -0.344 e. The standard InChI is InChI=1S/C14H17FN2.ClH/c1-10-7-13(8-16)11(2)17(10)9-12-3-5-14(15)6-4-12;/h3-7H,8-9,16H2,1-2H3;1H. The molecule has 1 aromatic carbocycles. The van der Waals surface area contributed by atoms with Crippen LogP contribution < -0.4 is 5.73 Å². The molecule has 2 aromatic rings. The van der Waals surface area contributed by atoms with Crippen LogP contribution in [0.5, 0.6) is 0 Å².